The summed E-state index contributed by atoms with van der Waals surface area (Å²) < 4.78 is 26.6. The number of hydrogen-bond donors (Lipinski definition) is 2. The Balaban J connectivity index is 0.000000214. The maximum Gasteiger partial charge on any atom is 0.410 e. The molecule has 0 aromatic carbocycles. The number of hydrogen-bond acceptors (Lipinski definition) is 12. The summed E-state index contributed by atoms with van der Waals surface area (Å²) in [5.74, 6) is 0.227. The highest BCUT2D eigenvalue weighted by Gasteiger charge is 2.32. The average molecular weight is 811 g/mol. The summed E-state index contributed by atoms with van der Waals surface area (Å²) in [6.07, 6.45) is 13.7. The number of carbonyl (C=O) groups excluding carboxylic acids is 3. The molecule has 0 saturated carbocycles. The van der Waals surface area contributed by atoms with Gasteiger partial charge in [0.15, 0.2) is 0 Å². The van der Waals surface area contributed by atoms with Gasteiger partial charge in [0, 0.05) is 98.6 Å². The van der Waals surface area contributed by atoms with Crippen LogP contribution in [0.4, 0.5) is 9.59 Å². The van der Waals surface area contributed by atoms with Crippen LogP contribution in [0.2, 0.25) is 0 Å². The van der Waals surface area contributed by atoms with Crippen LogP contribution in [0.5, 0.6) is 0 Å². The standard InChI is InChI=1S/C16H30N2O3.C11H22N2O.C10H17NO3.C6H13NO/c1-16(2,3)21-15(19)18-9-5-13(6-10-18)17-11-7-14(20-4)8-12-17;1-14-11-4-8-13(9-5-11)10-2-6-12-7-3-10;1-10(2,3)14-9(13)11-6-4-8(12)5-7-11;1-8-6-2-4-7-5-3-6/h13-14H,5-12H2,1-4H3;10-12H,2-9H2,1H3;4-7H2,1-3H3;6-7H,2-5H2,1H3. The summed E-state index contributed by atoms with van der Waals surface area (Å²) >= 11 is 0. The number of Topliss-reactive ketones (excluding diaryl/α,β-unsaturated/α-hetero) is 1. The number of amides is 2. The van der Waals surface area contributed by atoms with Crippen LogP contribution < -0.4 is 10.6 Å². The summed E-state index contributed by atoms with van der Waals surface area (Å²) in [5.41, 5.74) is -0.867. The molecule has 6 saturated heterocycles. The second-order valence-electron chi connectivity index (χ2n) is 18.3. The van der Waals surface area contributed by atoms with E-state index in [1.165, 1.54) is 64.7 Å². The van der Waals surface area contributed by atoms with Crippen molar-refractivity contribution < 1.29 is 38.1 Å². The monoisotopic (exact) mass is 811 g/mol. The normalized spacial score (nSPS) is 23.3. The van der Waals surface area contributed by atoms with Crippen molar-refractivity contribution >= 4 is 18.0 Å². The number of ketones is 1. The van der Waals surface area contributed by atoms with Crippen LogP contribution in [0, 0.1) is 0 Å². The van der Waals surface area contributed by atoms with Gasteiger partial charge < -0.3 is 53.9 Å². The number of piperidine rings is 6. The first kappa shape index (κ1) is 49.3. The smallest absolute Gasteiger partial charge is 0.410 e. The molecule has 0 aromatic rings. The van der Waals surface area contributed by atoms with E-state index in [9.17, 15) is 14.4 Å². The van der Waals surface area contributed by atoms with Crippen molar-refractivity contribution in [2.75, 3.05) is 99.9 Å². The van der Waals surface area contributed by atoms with E-state index in [2.05, 4.69) is 20.4 Å². The molecular weight excluding hydrogens is 729 g/mol. The Kier molecular flexibility index (Phi) is 22.1. The van der Waals surface area contributed by atoms with E-state index in [0.29, 0.717) is 50.3 Å². The van der Waals surface area contributed by atoms with Crippen molar-refractivity contribution in [2.24, 2.45) is 0 Å². The van der Waals surface area contributed by atoms with Gasteiger partial charge in [0.1, 0.15) is 17.0 Å². The van der Waals surface area contributed by atoms with Gasteiger partial charge in [-0.1, -0.05) is 0 Å². The Bertz CT molecular complexity index is 1120. The molecule has 6 aliphatic rings. The molecule has 0 aromatic heterocycles. The van der Waals surface area contributed by atoms with Crippen molar-refractivity contribution in [2.45, 2.75) is 160 Å². The number of rotatable bonds is 5. The van der Waals surface area contributed by atoms with Gasteiger partial charge in [-0.25, -0.2) is 9.59 Å². The first-order chi connectivity index (χ1) is 27.1. The van der Waals surface area contributed by atoms with Gasteiger partial charge in [0.2, 0.25) is 0 Å². The van der Waals surface area contributed by atoms with Gasteiger partial charge in [0.25, 0.3) is 0 Å². The predicted octanol–water partition coefficient (Wildman–Crippen LogP) is 5.32. The fraction of sp³-hybridized carbons (Fsp3) is 0.930. The van der Waals surface area contributed by atoms with Gasteiger partial charge >= 0.3 is 12.2 Å². The third-order valence-electron chi connectivity index (χ3n) is 11.7. The molecule has 6 heterocycles. The fourth-order valence-electron chi connectivity index (χ4n) is 8.16. The maximum atomic E-state index is 12.1. The molecule has 0 aliphatic carbocycles. The Labute approximate surface area is 345 Å². The second kappa shape index (κ2) is 25.5. The Morgan fingerprint density at radius 2 is 0.825 bits per heavy atom. The van der Waals surface area contributed by atoms with Crippen LogP contribution in [0.1, 0.15) is 119 Å². The zero-order valence-electron chi connectivity index (χ0n) is 37.4. The van der Waals surface area contributed by atoms with Gasteiger partial charge in [-0.15, -0.1) is 0 Å². The molecule has 6 rings (SSSR count). The highest BCUT2D eigenvalue weighted by molar-refractivity contribution is 5.81. The minimum Gasteiger partial charge on any atom is -0.444 e. The van der Waals surface area contributed by atoms with Crippen LogP contribution >= 0.6 is 0 Å². The zero-order valence-corrected chi connectivity index (χ0v) is 37.4. The SMILES string of the molecule is CC(C)(C)OC(=O)N1CCC(=O)CC1.COC1CCN(C2CCN(C(=O)OC(C)(C)C)CC2)CC1.COC1CCN(C2CCNCC2)CC1.COC1CCNCC1. The molecule has 6 fully saturated rings. The number of nitrogens with one attached hydrogen (secondary N) is 2. The van der Waals surface area contributed by atoms with E-state index >= 15 is 0 Å². The lowest BCUT2D eigenvalue weighted by Gasteiger charge is -2.41. The Hall–Kier alpha value is -2.07. The van der Waals surface area contributed by atoms with Crippen molar-refractivity contribution in [3.8, 4) is 0 Å². The molecular formula is C43H82N6O8. The quantitative estimate of drug-likeness (QED) is 0.373. The van der Waals surface area contributed by atoms with Crippen molar-refractivity contribution in [1.29, 1.82) is 0 Å². The molecule has 0 spiro atoms. The summed E-state index contributed by atoms with van der Waals surface area (Å²) in [5, 5.41) is 6.69. The molecule has 14 heteroatoms. The average Bonchev–Trinajstić information content (AvgIpc) is 3.21. The zero-order chi connectivity index (χ0) is 41.8. The summed E-state index contributed by atoms with van der Waals surface area (Å²) in [7, 11) is 5.43. The molecule has 2 amide bonds. The van der Waals surface area contributed by atoms with E-state index < -0.39 is 11.2 Å². The lowest BCUT2D eigenvalue weighted by atomic mass is 9.99. The van der Waals surface area contributed by atoms with Crippen molar-refractivity contribution in [3.05, 3.63) is 0 Å². The van der Waals surface area contributed by atoms with Crippen LogP contribution in [-0.4, -0.2) is 179 Å². The molecule has 332 valence electrons. The molecule has 2 N–H and O–H groups in total. The summed E-state index contributed by atoms with van der Waals surface area (Å²) in [6.45, 7) is 23.2. The number of ether oxygens (including phenoxy) is 5. The molecule has 0 radical (unpaired) electrons. The number of nitrogens with zero attached hydrogens (tertiary/aromatic N) is 4. The Morgan fingerprint density at radius 1 is 0.491 bits per heavy atom. The predicted molar refractivity (Wildman–Crippen MR) is 225 cm³/mol. The van der Waals surface area contributed by atoms with Crippen molar-refractivity contribution in [3.63, 3.8) is 0 Å². The van der Waals surface area contributed by atoms with Crippen LogP contribution in [0.25, 0.3) is 0 Å². The molecule has 0 bridgehead atoms. The van der Waals surface area contributed by atoms with Gasteiger partial charge in [-0.3, -0.25) is 4.79 Å². The molecule has 14 nitrogen and oxygen atoms in total. The van der Waals surface area contributed by atoms with Crippen LogP contribution in [0.3, 0.4) is 0 Å². The fourth-order valence-corrected chi connectivity index (χ4v) is 8.16. The highest BCUT2D eigenvalue weighted by atomic mass is 16.6. The highest BCUT2D eigenvalue weighted by Crippen LogP contribution is 2.24. The molecule has 0 atom stereocenters. The minimum absolute atomic E-state index is 0.168. The number of likely N-dealkylation sites (tertiary alicyclic amines) is 4. The third-order valence-corrected chi connectivity index (χ3v) is 11.7. The molecule has 6 aliphatic heterocycles. The van der Waals surface area contributed by atoms with Crippen LogP contribution in [-0.2, 0) is 28.5 Å². The largest absolute Gasteiger partial charge is 0.444 e. The summed E-state index contributed by atoms with van der Waals surface area (Å²) in [6, 6.07) is 1.45. The first-order valence-corrected chi connectivity index (χ1v) is 22.1. The number of carbonyl (C=O) groups is 3. The van der Waals surface area contributed by atoms with E-state index in [1.807, 2.05) is 53.6 Å². The van der Waals surface area contributed by atoms with E-state index in [1.54, 1.807) is 19.1 Å². The topological polar surface area (TPSA) is 134 Å². The van der Waals surface area contributed by atoms with Crippen molar-refractivity contribution in [1.82, 2.24) is 30.2 Å². The van der Waals surface area contributed by atoms with Gasteiger partial charge in [-0.2, -0.15) is 0 Å². The van der Waals surface area contributed by atoms with Gasteiger partial charge in [0.05, 0.1) is 18.3 Å². The minimum atomic E-state index is -0.460. The van der Waals surface area contributed by atoms with E-state index in [0.717, 1.165) is 71.0 Å². The van der Waals surface area contributed by atoms with Crippen LogP contribution in [0.15, 0.2) is 0 Å². The lowest BCUT2D eigenvalue weighted by molar-refractivity contribution is -0.121. The van der Waals surface area contributed by atoms with Gasteiger partial charge in [-0.05, 0) is 132 Å². The van der Waals surface area contributed by atoms with E-state index in [4.69, 9.17) is 23.7 Å². The molecule has 57 heavy (non-hydrogen) atoms. The Morgan fingerprint density at radius 3 is 1.18 bits per heavy atom. The maximum absolute atomic E-state index is 12.1. The second-order valence-corrected chi connectivity index (χ2v) is 18.3. The third kappa shape index (κ3) is 19.7. The molecule has 0 unspecified atom stereocenters. The number of methoxy groups -OCH3 is 3. The lowest BCUT2D eigenvalue weighted by Crippen LogP contribution is -2.50. The first-order valence-electron chi connectivity index (χ1n) is 22.1. The van der Waals surface area contributed by atoms with E-state index in [-0.39, 0.29) is 18.0 Å². The summed E-state index contributed by atoms with van der Waals surface area (Å²) in [4.78, 5) is 43.2.